The van der Waals surface area contributed by atoms with E-state index in [1.54, 1.807) is 0 Å². The lowest BCUT2D eigenvalue weighted by molar-refractivity contribution is 0.0952. The summed E-state index contributed by atoms with van der Waals surface area (Å²) in [6, 6.07) is 7.55. The molecular weight excluding hydrogens is 286 g/mol. The van der Waals surface area contributed by atoms with Crippen LogP contribution in [-0.4, -0.2) is 22.2 Å². The van der Waals surface area contributed by atoms with E-state index in [9.17, 15) is 4.79 Å². The molecule has 2 aromatic rings. The van der Waals surface area contributed by atoms with Crippen LogP contribution in [0.4, 0.5) is 0 Å². The van der Waals surface area contributed by atoms with Gasteiger partial charge in [-0.3, -0.25) is 9.48 Å². The second kappa shape index (κ2) is 6.76. The molecule has 4 nitrogen and oxygen atoms in total. The standard InChI is InChI=1S/C16H20ClN3O/c1-11-5-7-14(8-6-11)16(21)18-9-4-10-20-13(3)15(17)12(2)19-20/h5-8H,4,9-10H2,1-3H3,(H,18,21). The van der Waals surface area contributed by atoms with Crippen molar-refractivity contribution < 1.29 is 4.79 Å². The molecule has 0 saturated carbocycles. The maximum Gasteiger partial charge on any atom is 0.251 e. The van der Waals surface area contributed by atoms with Gasteiger partial charge in [0.1, 0.15) is 0 Å². The van der Waals surface area contributed by atoms with Crippen LogP contribution in [0.25, 0.3) is 0 Å². The largest absolute Gasteiger partial charge is 0.352 e. The van der Waals surface area contributed by atoms with Gasteiger partial charge in [0, 0.05) is 18.7 Å². The van der Waals surface area contributed by atoms with Crippen molar-refractivity contribution in [3.63, 3.8) is 0 Å². The molecule has 1 amide bonds. The number of nitrogens with zero attached hydrogens (tertiary/aromatic N) is 2. The molecule has 0 saturated heterocycles. The van der Waals surface area contributed by atoms with Crippen molar-refractivity contribution in [3.05, 3.63) is 51.8 Å². The highest BCUT2D eigenvalue weighted by Gasteiger charge is 2.09. The fourth-order valence-electron chi connectivity index (χ4n) is 2.13. The summed E-state index contributed by atoms with van der Waals surface area (Å²) in [5.41, 5.74) is 3.65. The van der Waals surface area contributed by atoms with E-state index < -0.39 is 0 Å². The lowest BCUT2D eigenvalue weighted by Gasteiger charge is -2.07. The van der Waals surface area contributed by atoms with Gasteiger partial charge in [0.15, 0.2) is 0 Å². The van der Waals surface area contributed by atoms with Crippen molar-refractivity contribution in [1.82, 2.24) is 15.1 Å². The van der Waals surface area contributed by atoms with Crippen molar-refractivity contribution in [2.45, 2.75) is 33.7 Å². The topological polar surface area (TPSA) is 46.9 Å². The SMILES string of the molecule is Cc1ccc(C(=O)NCCCn2nc(C)c(Cl)c2C)cc1. The van der Waals surface area contributed by atoms with Crippen LogP contribution >= 0.6 is 11.6 Å². The Kier molecular flexibility index (Phi) is 5.02. The highest BCUT2D eigenvalue weighted by Crippen LogP contribution is 2.18. The number of carbonyl (C=O) groups is 1. The van der Waals surface area contributed by atoms with Crippen molar-refractivity contribution in [1.29, 1.82) is 0 Å². The van der Waals surface area contributed by atoms with E-state index in [1.165, 1.54) is 0 Å². The van der Waals surface area contributed by atoms with E-state index in [0.29, 0.717) is 12.1 Å². The molecule has 5 heteroatoms. The Morgan fingerprint density at radius 1 is 1.24 bits per heavy atom. The number of aryl methyl sites for hydroxylation is 3. The molecule has 0 aliphatic heterocycles. The molecule has 0 fully saturated rings. The minimum absolute atomic E-state index is 0.0404. The van der Waals surface area contributed by atoms with Gasteiger partial charge in [-0.05, 0) is 39.3 Å². The van der Waals surface area contributed by atoms with Crippen LogP contribution in [0.15, 0.2) is 24.3 Å². The molecule has 0 spiro atoms. The van der Waals surface area contributed by atoms with E-state index in [1.807, 2.05) is 49.7 Å². The maximum atomic E-state index is 11.9. The summed E-state index contributed by atoms with van der Waals surface area (Å²) >= 11 is 6.10. The number of hydrogen-bond acceptors (Lipinski definition) is 2. The number of rotatable bonds is 5. The zero-order valence-corrected chi connectivity index (χ0v) is 13.4. The van der Waals surface area contributed by atoms with Gasteiger partial charge < -0.3 is 5.32 Å². The number of halogens is 1. The van der Waals surface area contributed by atoms with E-state index in [4.69, 9.17) is 11.6 Å². The summed E-state index contributed by atoms with van der Waals surface area (Å²) in [4.78, 5) is 11.9. The van der Waals surface area contributed by atoms with E-state index in [2.05, 4.69) is 10.4 Å². The average molecular weight is 306 g/mol. The third-order valence-electron chi connectivity index (χ3n) is 3.44. The third-order valence-corrected chi connectivity index (χ3v) is 3.99. The van der Waals surface area contributed by atoms with Crippen LogP contribution in [0.3, 0.4) is 0 Å². The number of hydrogen-bond donors (Lipinski definition) is 1. The summed E-state index contributed by atoms with van der Waals surface area (Å²) in [6.07, 6.45) is 0.815. The molecule has 21 heavy (non-hydrogen) atoms. The lowest BCUT2D eigenvalue weighted by atomic mass is 10.1. The number of benzene rings is 1. The second-order valence-corrected chi connectivity index (χ2v) is 5.56. The van der Waals surface area contributed by atoms with Crippen LogP contribution < -0.4 is 5.32 Å². The Morgan fingerprint density at radius 3 is 2.48 bits per heavy atom. The van der Waals surface area contributed by atoms with Crippen LogP contribution in [0.5, 0.6) is 0 Å². The minimum Gasteiger partial charge on any atom is -0.352 e. The Balaban J connectivity index is 1.80. The first-order valence-corrected chi connectivity index (χ1v) is 7.41. The molecule has 0 aliphatic carbocycles. The first kappa shape index (κ1) is 15.6. The number of amides is 1. The molecule has 1 N–H and O–H groups in total. The summed E-state index contributed by atoms with van der Waals surface area (Å²) < 4.78 is 1.88. The van der Waals surface area contributed by atoms with E-state index in [-0.39, 0.29) is 5.91 Å². The van der Waals surface area contributed by atoms with Crippen LogP contribution in [0.2, 0.25) is 5.02 Å². The highest BCUT2D eigenvalue weighted by atomic mass is 35.5. The van der Waals surface area contributed by atoms with E-state index >= 15 is 0 Å². The van der Waals surface area contributed by atoms with Crippen LogP contribution in [0.1, 0.15) is 33.7 Å². The summed E-state index contributed by atoms with van der Waals surface area (Å²) in [5, 5.41) is 8.00. The molecule has 1 aromatic heterocycles. The summed E-state index contributed by atoms with van der Waals surface area (Å²) in [6.45, 7) is 7.20. The zero-order chi connectivity index (χ0) is 15.4. The molecule has 1 heterocycles. The molecule has 0 unspecified atom stereocenters. The van der Waals surface area contributed by atoms with Crippen LogP contribution in [-0.2, 0) is 6.54 Å². The first-order chi connectivity index (χ1) is 9.99. The van der Waals surface area contributed by atoms with Gasteiger partial charge in [-0.15, -0.1) is 0 Å². The minimum atomic E-state index is -0.0404. The third kappa shape index (κ3) is 3.85. The smallest absolute Gasteiger partial charge is 0.251 e. The Bertz CT molecular complexity index is 632. The lowest BCUT2D eigenvalue weighted by Crippen LogP contribution is -2.25. The van der Waals surface area contributed by atoms with Gasteiger partial charge in [-0.1, -0.05) is 29.3 Å². The molecule has 0 radical (unpaired) electrons. The van der Waals surface area contributed by atoms with Gasteiger partial charge in [0.25, 0.3) is 5.91 Å². The fourth-order valence-corrected chi connectivity index (χ4v) is 2.27. The first-order valence-electron chi connectivity index (χ1n) is 7.03. The van der Waals surface area contributed by atoms with E-state index in [0.717, 1.165) is 34.9 Å². The predicted molar refractivity (Wildman–Crippen MR) is 84.8 cm³/mol. The van der Waals surface area contributed by atoms with Gasteiger partial charge in [-0.25, -0.2) is 0 Å². The number of carbonyl (C=O) groups excluding carboxylic acids is 1. The highest BCUT2D eigenvalue weighted by molar-refractivity contribution is 6.31. The molecule has 0 aliphatic rings. The average Bonchev–Trinajstić information content (AvgIpc) is 2.71. The molecule has 1 aromatic carbocycles. The second-order valence-electron chi connectivity index (χ2n) is 5.18. The molecule has 112 valence electrons. The van der Waals surface area contributed by atoms with Crippen molar-refractivity contribution in [2.75, 3.05) is 6.54 Å². The summed E-state index contributed by atoms with van der Waals surface area (Å²) in [7, 11) is 0. The Morgan fingerprint density at radius 2 is 1.90 bits per heavy atom. The fraction of sp³-hybridized carbons (Fsp3) is 0.375. The predicted octanol–water partition coefficient (Wildman–Crippen LogP) is 3.28. The Labute approximate surface area is 130 Å². The van der Waals surface area contributed by atoms with Gasteiger partial charge >= 0.3 is 0 Å². The van der Waals surface area contributed by atoms with Gasteiger partial charge in [0.05, 0.1) is 16.4 Å². The van der Waals surface area contributed by atoms with Crippen LogP contribution in [0, 0.1) is 20.8 Å². The molecule has 0 bridgehead atoms. The number of nitrogens with one attached hydrogen (secondary N) is 1. The molecule has 0 atom stereocenters. The van der Waals surface area contributed by atoms with Crippen molar-refractivity contribution in [2.24, 2.45) is 0 Å². The quantitative estimate of drug-likeness (QED) is 0.862. The van der Waals surface area contributed by atoms with Crippen molar-refractivity contribution in [3.8, 4) is 0 Å². The van der Waals surface area contributed by atoms with Gasteiger partial charge in [0.2, 0.25) is 0 Å². The normalized spacial score (nSPS) is 10.7. The maximum absolute atomic E-state index is 11.9. The monoisotopic (exact) mass is 305 g/mol. The molecular formula is C16H20ClN3O. The molecule has 2 rings (SSSR count). The Hall–Kier alpha value is -1.81. The van der Waals surface area contributed by atoms with Crippen molar-refractivity contribution >= 4 is 17.5 Å². The van der Waals surface area contributed by atoms with Gasteiger partial charge in [-0.2, -0.15) is 5.10 Å². The number of aromatic nitrogens is 2. The zero-order valence-electron chi connectivity index (χ0n) is 12.6. The summed E-state index contributed by atoms with van der Waals surface area (Å²) in [5.74, 6) is -0.0404.